The Balaban J connectivity index is 1.73. The van der Waals surface area contributed by atoms with Crippen LogP contribution < -0.4 is 5.32 Å². The lowest BCUT2D eigenvalue weighted by molar-refractivity contribution is -0.133. The molecule has 0 saturated carbocycles. The van der Waals surface area contributed by atoms with Crippen molar-refractivity contribution in [2.24, 2.45) is 0 Å². The van der Waals surface area contributed by atoms with Crippen LogP contribution in [0.5, 0.6) is 0 Å². The Hall–Kier alpha value is -2.38. The molecule has 1 aliphatic heterocycles. The Morgan fingerprint density at radius 3 is 2.70 bits per heavy atom. The summed E-state index contributed by atoms with van der Waals surface area (Å²) in [4.78, 5) is 26.9. The number of thiocarbonyl (C=S) groups is 1. The van der Waals surface area contributed by atoms with Crippen LogP contribution >= 0.6 is 24.0 Å². The van der Waals surface area contributed by atoms with E-state index >= 15 is 0 Å². The van der Waals surface area contributed by atoms with E-state index in [1.54, 1.807) is 24.5 Å². The Kier molecular flexibility index (Phi) is 5.82. The van der Waals surface area contributed by atoms with E-state index in [1.165, 1.54) is 22.7 Å². The molecule has 1 atom stereocenters. The largest absolute Gasteiger partial charge is 0.467 e. The fraction of sp³-hybridized carbons (Fsp3) is 0.250. The second-order valence-electron chi connectivity index (χ2n) is 6.66. The van der Waals surface area contributed by atoms with Gasteiger partial charge in [0, 0.05) is 10.8 Å². The molecule has 140 valence electrons. The molecule has 0 aliphatic carbocycles. The third kappa shape index (κ3) is 4.67. The molecule has 1 aromatic carbocycles. The molecule has 0 radical (unpaired) electrons. The average Bonchev–Trinajstić information content (AvgIpc) is 3.14. The van der Waals surface area contributed by atoms with E-state index in [2.05, 4.69) is 5.32 Å². The van der Waals surface area contributed by atoms with E-state index in [9.17, 15) is 9.59 Å². The maximum atomic E-state index is 13.0. The summed E-state index contributed by atoms with van der Waals surface area (Å²) in [5, 5.41) is 2.83. The number of nitrogens with one attached hydrogen (secondary N) is 1. The maximum absolute atomic E-state index is 13.0. The summed E-state index contributed by atoms with van der Waals surface area (Å²) < 4.78 is 5.25. The lowest BCUT2D eigenvalue weighted by Crippen LogP contribution is -2.61. The fourth-order valence-electron chi connectivity index (χ4n) is 2.75. The second kappa shape index (κ2) is 8.10. The molecule has 0 spiro atoms. The molecule has 27 heavy (non-hydrogen) atoms. The zero-order valence-corrected chi connectivity index (χ0v) is 16.7. The van der Waals surface area contributed by atoms with Gasteiger partial charge in [-0.05, 0) is 37.6 Å². The van der Waals surface area contributed by atoms with Crippen LogP contribution in [0.1, 0.15) is 25.2 Å². The number of nitrogens with zero attached hydrogens (tertiary/aromatic N) is 1. The van der Waals surface area contributed by atoms with E-state index in [1.807, 2.05) is 44.2 Å². The van der Waals surface area contributed by atoms with Crippen LogP contribution in [-0.2, 0) is 16.1 Å². The Morgan fingerprint density at radius 1 is 1.30 bits per heavy atom. The number of thioether (sulfide) groups is 1. The van der Waals surface area contributed by atoms with Gasteiger partial charge >= 0.3 is 0 Å². The predicted octanol–water partition coefficient (Wildman–Crippen LogP) is 3.62. The first-order chi connectivity index (χ1) is 12.9. The number of amides is 2. The first-order valence-electron chi connectivity index (χ1n) is 8.47. The number of benzene rings is 1. The van der Waals surface area contributed by atoms with E-state index in [0.29, 0.717) is 10.1 Å². The van der Waals surface area contributed by atoms with Crippen molar-refractivity contribution in [3.63, 3.8) is 0 Å². The minimum absolute atomic E-state index is 0.235. The van der Waals surface area contributed by atoms with Crippen LogP contribution in [0, 0.1) is 0 Å². The topological polar surface area (TPSA) is 62.6 Å². The molecule has 1 saturated heterocycles. The van der Waals surface area contributed by atoms with Gasteiger partial charge in [-0.15, -0.1) is 0 Å². The number of rotatable bonds is 5. The van der Waals surface area contributed by atoms with Gasteiger partial charge in [-0.1, -0.05) is 54.3 Å². The van der Waals surface area contributed by atoms with Crippen molar-refractivity contribution < 1.29 is 14.0 Å². The molecule has 2 heterocycles. The molecular weight excluding hydrogens is 380 g/mol. The molecular formula is C20H20N2O3S2. The number of carbonyl (C=O) groups is 2. The van der Waals surface area contributed by atoms with Crippen molar-refractivity contribution in [1.29, 1.82) is 0 Å². The Bertz CT molecular complexity index is 861. The Morgan fingerprint density at radius 2 is 2.04 bits per heavy atom. The summed E-state index contributed by atoms with van der Waals surface area (Å²) in [5.74, 6) is 0.0818. The molecule has 0 bridgehead atoms. The number of hydrogen-bond acceptors (Lipinski definition) is 5. The van der Waals surface area contributed by atoms with Gasteiger partial charge in [-0.3, -0.25) is 14.5 Å². The van der Waals surface area contributed by atoms with Crippen LogP contribution in [0.15, 0.2) is 59.2 Å². The summed E-state index contributed by atoms with van der Waals surface area (Å²) in [6.07, 6.45) is 4.71. The van der Waals surface area contributed by atoms with E-state index < -0.39 is 10.8 Å². The summed E-state index contributed by atoms with van der Waals surface area (Å²) in [6.45, 7) is 4.05. The summed E-state index contributed by atoms with van der Waals surface area (Å²) in [6, 6.07) is 12.4. The number of hydrogen-bond donors (Lipinski definition) is 1. The highest BCUT2D eigenvalue weighted by molar-refractivity contribution is 8.24. The zero-order chi connectivity index (χ0) is 19.4. The van der Waals surface area contributed by atoms with Gasteiger partial charge in [-0.25, -0.2) is 0 Å². The third-order valence-corrected chi connectivity index (χ3v) is 5.81. The molecule has 1 aromatic heterocycles. The fourth-order valence-corrected chi connectivity index (χ4v) is 4.54. The lowest BCUT2D eigenvalue weighted by Gasteiger charge is -2.42. The predicted molar refractivity (Wildman–Crippen MR) is 111 cm³/mol. The van der Waals surface area contributed by atoms with Crippen molar-refractivity contribution >= 4 is 46.2 Å². The SMILES string of the molecule is CC1(C)SC(=S)N(Cc2ccco2)C(=O)C1NC(=O)C=Cc1ccccc1. The van der Waals surface area contributed by atoms with Crippen molar-refractivity contribution in [3.05, 3.63) is 66.1 Å². The first kappa shape index (κ1) is 19.4. The highest BCUT2D eigenvalue weighted by Gasteiger charge is 2.46. The molecule has 1 N–H and O–H groups in total. The number of carbonyl (C=O) groups excluding carboxylic acids is 2. The Labute approximate surface area is 167 Å². The molecule has 1 aliphatic rings. The van der Waals surface area contributed by atoms with Gasteiger partial charge < -0.3 is 9.73 Å². The molecule has 2 amide bonds. The van der Waals surface area contributed by atoms with Crippen molar-refractivity contribution in [2.45, 2.75) is 31.2 Å². The maximum Gasteiger partial charge on any atom is 0.252 e. The van der Waals surface area contributed by atoms with E-state index in [-0.39, 0.29) is 18.4 Å². The van der Waals surface area contributed by atoms with Crippen LogP contribution in [-0.4, -0.2) is 31.8 Å². The molecule has 2 aromatic rings. The van der Waals surface area contributed by atoms with Gasteiger partial charge in [0.1, 0.15) is 16.1 Å². The van der Waals surface area contributed by atoms with Gasteiger partial charge in [0.05, 0.1) is 12.8 Å². The highest BCUT2D eigenvalue weighted by Crippen LogP contribution is 2.37. The van der Waals surface area contributed by atoms with Crippen LogP contribution in [0.25, 0.3) is 6.08 Å². The normalized spacial score (nSPS) is 19.5. The monoisotopic (exact) mass is 400 g/mol. The van der Waals surface area contributed by atoms with Crippen molar-refractivity contribution in [2.75, 3.05) is 0 Å². The van der Waals surface area contributed by atoms with Crippen molar-refractivity contribution in [3.8, 4) is 0 Å². The van der Waals surface area contributed by atoms with E-state index in [4.69, 9.17) is 16.6 Å². The van der Waals surface area contributed by atoms with Crippen LogP contribution in [0.2, 0.25) is 0 Å². The standard InChI is InChI=1S/C20H20N2O3S2/c1-20(2)17(21-16(23)11-10-14-7-4-3-5-8-14)18(24)22(19(26)27-20)13-15-9-6-12-25-15/h3-12,17H,13H2,1-2H3,(H,21,23). The lowest BCUT2D eigenvalue weighted by atomic mass is 10.0. The van der Waals surface area contributed by atoms with Gasteiger partial charge in [0.2, 0.25) is 5.91 Å². The minimum Gasteiger partial charge on any atom is -0.467 e. The summed E-state index contributed by atoms with van der Waals surface area (Å²) in [5.41, 5.74) is 0.914. The third-order valence-electron chi connectivity index (χ3n) is 4.19. The summed E-state index contributed by atoms with van der Waals surface area (Å²) in [7, 11) is 0. The van der Waals surface area contributed by atoms with Crippen LogP contribution in [0.3, 0.4) is 0 Å². The van der Waals surface area contributed by atoms with E-state index in [0.717, 1.165) is 5.56 Å². The average molecular weight is 401 g/mol. The minimum atomic E-state index is -0.697. The molecule has 7 heteroatoms. The van der Waals surface area contributed by atoms with Crippen molar-refractivity contribution in [1.82, 2.24) is 10.2 Å². The molecule has 5 nitrogen and oxygen atoms in total. The smallest absolute Gasteiger partial charge is 0.252 e. The molecule has 1 unspecified atom stereocenters. The second-order valence-corrected chi connectivity index (χ2v) is 8.95. The zero-order valence-electron chi connectivity index (χ0n) is 15.0. The van der Waals surface area contributed by atoms with Gasteiger partial charge in [0.15, 0.2) is 0 Å². The van der Waals surface area contributed by atoms with Crippen LogP contribution in [0.4, 0.5) is 0 Å². The van der Waals surface area contributed by atoms with Gasteiger partial charge in [-0.2, -0.15) is 0 Å². The molecule has 1 fully saturated rings. The first-order valence-corrected chi connectivity index (χ1v) is 9.69. The number of furan rings is 1. The highest BCUT2D eigenvalue weighted by atomic mass is 32.2. The summed E-state index contributed by atoms with van der Waals surface area (Å²) >= 11 is 6.81. The molecule has 3 rings (SSSR count). The van der Waals surface area contributed by atoms with Gasteiger partial charge in [0.25, 0.3) is 5.91 Å². The quantitative estimate of drug-likeness (QED) is 0.614.